The molecular formula is C16H30F2N4O2. The van der Waals surface area contributed by atoms with Crippen LogP contribution < -0.4 is 10.6 Å². The number of aliphatic imine (C=N–C) groups is 1. The monoisotopic (exact) mass is 348 g/mol. The molecule has 0 saturated carbocycles. The molecule has 2 fully saturated rings. The van der Waals surface area contributed by atoms with Crippen LogP contribution >= 0.6 is 0 Å². The Hall–Kier alpha value is -0.990. The summed E-state index contributed by atoms with van der Waals surface area (Å²) in [4.78, 5) is 6.02. The van der Waals surface area contributed by atoms with Crippen LogP contribution in [-0.2, 0) is 9.47 Å². The predicted molar refractivity (Wildman–Crippen MR) is 89.8 cm³/mol. The van der Waals surface area contributed by atoms with Crippen LogP contribution in [0.3, 0.4) is 0 Å². The highest BCUT2D eigenvalue weighted by Gasteiger charge is 2.22. The molecule has 2 saturated heterocycles. The van der Waals surface area contributed by atoms with Gasteiger partial charge in [0.2, 0.25) is 0 Å². The van der Waals surface area contributed by atoms with Crippen LogP contribution in [0.5, 0.6) is 0 Å². The number of piperidine rings is 1. The molecule has 2 aliphatic heterocycles. The minimum atomic E-state index is -2.25. The van der Waals surface area contributed by atoms with E-state index in [0.717, 1.165) is 38.2 Å². The van der Waals surface area contributed by atoms with Crippen molar-refractivity contribution in [3.05, 3.63) is 0 Å². The number of rotatable bonds is 8. The minimum absolute atomic E-state index is 0.123. The molecule has 0 spiro atoms. The average molecular weight is 348 g/mol. The second-order valence-corrected chi connectivity index (χ2v) is 6.32. The summed E-state index contributed by atoms with van der Waals surface area (Å²) < 4.78 is 35.9. The van der Waals surface area contributed by atoms with Gasteiger partial charge in [-0.3, -0.25) is 9.89 Å². The highest BCUT2D eigenvalue weighted by atomic mass is 19.3. The maximum absolute atomic E-state index is 12.4. The minimum Gasteiger partial charge on any atom is -0.377 e. The second-order valence-electron chi connectivity index (χ2n) is 6.32. The van der Waals surface area contributed by atoms with Gasteiger partial charge < -0.3 is 20.1 Å². The van der Waals surface area contributed by atoms with Gasteiger partial charge in [0.05, 0.1) is 25.9 Å². The molecule has 0 amide bonds. The van der Waals surface area contributed by atoms with Gasteiger partial charge in [-0.2, -0.15) is 0 Å². The summed E-state index contributed by atoms with van der Waals surface area (Å²) in [6, 6.07) is 0.276. The molecule has 0 aliphatic carbocycles. The van der Waals surface area contributed by atoms with Gasteiger partial charge >= 0.3 is 0 Å². The topological polar surface area (TPSA) is 58.1 Å². The van der Waals surface area contributed by atoms with Gasteiger partial charge in [-0.15, -0.1) is 0 Å². The number of alkyl halides is 2. The molecule has 140 valence electrons. The number of guanidine groups is 1. The second kappa shape index (κ2) is 10.8. The third-order valence-electron chi connectivity index (χ3n) is 4.41. The van der Waals surface area contributed by atoms with Gasteiger partial charge in [-0.1, -0.05) is 0 Å². The van der Waals surface area contributed by atoms with E-state index in [4.69, 9.17) is 9.47 Å². The van der Waals surface area contributed by atoms with Gasteiger partial charge in [0.25, 0.3) is 6.43 Å². The van der Waals surface area contributed by atoms with Gasteiger partial charge in [0.15, 0.2) is 5.96 Å². The number of nitrogens with zero attached hydrogens (tertiary/aromatic N) is 2. The molecule has 1 unspecified atom stereocenters. The third kappa shape index (κ3) is 7.27. The standard InChI is InChI=1S/C16H30F2N4O2/c1-19-16(20-6-10-23-12-14-3-2-9-24-14)21-13-4-7-22(8-5-13)11-15(17)18/h13-15H,2-12H2,1H3,(H2,19,20,21). The summed E-state index contributed by atoms with van der Waals surface area (Å²) in [5, 5.41) is 6.58. The maximum atomic E-state index is 12.4. The summed E-state index contributed by atoms with van der Waals surface area (Å²) in [6.07, 6.45) is 1.91. The molecule has 8 heteroatoms. The fraction of sp³-hybridized carbons (Fsp3) is 0.938. The van der Waals surface area contributed by atoms with Crippen LogP contribution in [0.25, 0.3) is 0 Å². The molecule has 2 N–H and O–H groups in total. The van der Waals surface area contributed by atoms with Crippen molar-refractivity contribution >= 4 is 5.96 Å². The molecule has 2 heterocycles. The normalized spacial score (nSPS) is 23.8. The first-order valence-electron chi connectivity index (χ1n) is 8.84. The van der Waals surface area contributed by atoms with Crippen molar-refractivity contribution in [2.24, 2.45) is 4.99 Å². The Balaban J connectivity index is 1.54. The molecule has 1 atom stereocenters. The van der Waals surface area contributed by atoms with Crippen LogP contribution in [0.15, 0.2) is 4.99 Å². The lowest BCUT2D eigenvalue weighted by Crippen LogP contribution is -2.49. The fourth-order valence-corrected chi connectivity index (χ4v) is 3.08. The Morgan fingerprint density at radius 3 is 2.75 bits per heavy atom. The Labute approximate surface area is 143 Å². The molecular weight excluding hydrogens is 318 g/mol. The zero-order valence-corrected chi connectivity index (χ0v) is 14.5. The number of halogens is 2. The molecule has 0 aromatic carbocycles. The van der Waals surface area contributed by atoms with E-state index in [2.05, 4.69) is 15.6 Å². The molecule has 0 bridgehead atoms. The number of nitrogens with one attached hydrogen (secondary N) is 2. The van der Waals surface area contributed by atoms with Gasteiger partial charge in [0.1, 0.15) is 0 Å². The van der Waals surface area contributed by atoms with Crippen LogP contribution in [0.2, 0.25) is 0 Å². The smallest absolute Gasteiger partial charge is 0.251 e. The van der Waals surface area contributed by atoms with Crippen molar-refractivity contribution in [2.45, 2.75) is 44.3 Å². The number of ether oxygens (including phenoxy) is 2. The Bertz CT molecular complexity index is 371. The average Bonchev–Trinajstić information content (AvgIpc) is 3.08. The van der Waals surface area contributed by atoms with Crippen molar-refractivity contribution < 1.29 is 18.3 Å². The van der Waals surface area contributed by atoms with E-state index in [-0.39, 0.29) is 18.7 Å². The summed E-state index contributed by atoms with van der Waals surface area (Å²) in [7, 11) is 1.73. The van der Waals surface area contributed by atoms with Crippen LogP contribution in [0, 0.1) is 0 Å². The first kappa shape index (κ1) is 19.3. The SMILES string of the molecule is CN=C(NCCOCC1CCCO1)NC1CCN(CC(F)F)CC1. The summed E-state index contributed by atoms with van der Waals surface area (Å²) in [5.41, 5.74) is 0. The number of likely N-dealkylation sites (tertiary alicyclic amines) is 1. The van der Waals surface area contributed by atoms with Crippen LogP contribution in [0.1, 0.15) is 25.7 Å². The van der Waals surface area contributed by atoms with Gasteiger partial charge in [-0.25, -0.2) is 8.78 Å². The van der Waals surface area contributed by atoms with Crippen molar-refractivity contribution in [1.82, 2.24) is 15.5 Å². The zero-order chi connectivity index (χ0) is 17.2. The zero-order valence-electron chi connectivity index (χ0n) is 14.5. The quantitative estimate of drug-likeness (QED) is 0.390. The fourth-order valence-electron chi connectivity index (χ4n) is 3.08. The van der Waals surface area contributed by atoms with E-state index in [1.165, 1.54) is 0 Å². The summed E-state index contributed by atoms with van der Waals surface area (Å²) in [5.74, 6) is 0.739. The van der Waals surface area contributed by atoms with Crippen molar-refractivity contribution in [1.29, 1.82) is 0 Å². The van der Waals surface area contributed by atoms with Gasteiger partial charge in [-0.05, 0) is 25.7 Å². The van der Waals surface area contributed by atoms with Gasteiger partial charge in [0, 0.05) is 39.3 Å². The van der Waals surface area contributed by atoms with E-state index in [1.807, 2.05) is 4.90 Å². The molecule has 6 nitrogen and oxygen atoms in total. The van der Waals surface area contributed by atoms with Crippen LogP contribution in [0.4, 0.5) is 8.78 Å². The van der Waals surface area contributed by atoms with Crippen molar-refractivity contribution in [3.63, 3.8) is 0 Å². The van der Waals surface area contributed by atoms with E-state index >= 15 is 0 Å². The number of hydrogen-bond donors (Lipinski definition) is 2. The van der Waals surface area contributed by atoms with E-state index in [9.17, 15) is 8.78 Å². The lowest BCUT2D eigenvalue weighted by molar-refractivity contribution is 0.0191. The van der Waals surface area contributed by atoms with Crippen LogP contribution in [-0.4, -0.2) is 82.5 Å². The first-order valence-corrected chi connectivity index (χ1v) is 8.84. The van der Waals surface area contributed by atoms with E-state index in [1.54, 1.807) is 7.05 Å². The molecule has 0 radical (unpaired) electrons. The molecule has 2 rings (SSSR count). The lowest BCUT2D eigenvalue weighted by Gasteiger charge is -2.32. The summed E-state index contributed by atoms with van der Waals surface area (Å²) >= 11 is 0. The Morgan fingerprint density at radius 1 is 1.33 bits per heavy atom. The molecule has 24 heavy (non-hydrogen) atoms. The Kier molecular flexibility index (Phi) is 8.69. The van der Waals surface area contributed by atoms with E-state index < -0.39 is 6.43 Å². The largest absolute Gasteiger partial charge is 0.377 e. The Morgan fingerprint density at radius 2 is 2.12 bits per heavy atom. The first-order chi connectivity index (χ1) is 11.7. The molecule has 0 aromatic rings. The molecule has 0 aromatic heterocycles. The van der Waals surface area contributed by atoms with E-state index in [0.29, 0.717) is 32.8 Å². The number of hydrogen-bond acceptors (Lipinski definition) is 4. The molecule has 2 aliphatic rings. The maximum Gasteiger partial charge on any atom is 0.251 e. The van der Waals surface area contributed by atoms with Crippen molar-refractivity contribution in [3.8, 4) is 0 Å². The highest BCUT2D eigenvalue weighted by molar-refractivity contribution is 5.79. The van der Waals surface area contributed by atoms with Crippen molar-refractivity contribution in [2.75, 3.05) is 53.0 Å². The highest BCUT2D eigenvalue weighted by Crippen LogP contribution is 2.12. The third-order valence-corrected chi connectivity index (χ3v) is 4.41. The predicted octanol–water partition coefficient (Wildman–Crippen LogP) is 1.08. The summed E-state index contributed by atoms with van der Waals surface area (Å²) in [6.45, 7) is 4.05. The lowest BCUT2D eigenvalue weighted by atomic mass is 10.1.